The van der Waals surface area contributed by atoms with Crippen molar-refractivity contribution in [2.75, 3.05) is 17.7 Å². The highest BCUT2D eigenvalue weighted by Crippen LogP contribution is 2.25. The highest BCUT2D eigenvalue weighted by atomic mass is 32.2. The lowest BCUT2D eigenvalue weighted by Gasteiger charge is -2.10. The molecule has 3 amide bonds. The first kappa shape index (κ1) is 23.8. The van der Waals surface area contributed by atoms with Crippen LogP contribution >= 0.6 is 11.8 Å². The van der Waals surface area contributed by atoms with Gasteiger partial charge in [-0.3, -0.25) is 25.2 Å². The smallest absolute Gasteiger partial charge is 0.276 e. The SMILES string of the molecule is CCn1c(SCC(=O)NNC(=O)COc2ccccc2)nnc1-c1cccc(NC(C)=O)c1. The van der Waals surface area contributed by atoms with Gasteiger partial charge in [0.1, 0.15) is 5.75 Å². The summed E-state index contributed by atoms with van der Waals surface area (Å²) in [5.41, 5.74) is 6.12. The molecule has 3 rings (SSSR count). The average molecular weight is 469 g/mol. The Labute approximate surface area is 195 Å². The summed E-state index contributed by atoms with van der Waals surface area (Å²) in [6.07, 6.45) is 0. The molecule has 11 heteroatoms. The lowest BCUT2D eigenvalue weighted by atomic mass is 10.2. The van der Waals surface area contributed by atoms with E-state index in [9.17, 15) is 14.4 Å². The largest absolute Gasteiger partial charge is 0.484 e. The highest BCUT2D eigenvalue weighted by molar-refractivity contribution is 7.99. The molecule has 0 aliphatic rings. The van der Waals surface area contributed by atoms with Crippen molar-refractivity contribution in [2.45, 2.75) is 25.5 Å². The van der Waals surface area contributed by atoms with Gasteiger partial charge in [-0.2, -0.15) is 0 Å². The van der Waals surface area contributed by atoms with Crippen LogP contribution in [0.25, 0.3) is 11.4 Å². The van der Waals surface area contributed by atoms with Crippen molar-refractivity contribution in [1.29, 1.82) is 0 Å². The van der Waals surface area contributed by atoms with Crippen LogP contribution in [-0.2, 0) is 20.9 Å². The van der Waals surface area contributed by atoms with Gasteiger partial charge in [0.15, 0.2) is 17.6 Å². The van der Waals surface area contributed by atoms with E-state index in [-0.39, 0.29) is 18.3 Å². The number of ether oxygens (including phenoxy) is 1. The number of anilines is 1. The molecule has 3 aromatic rings. The Bertz CT molecular complexity index is 1120. The lowest BCUT2D eigenvalue weighted by Crippen LogP contribution is -2.44. The van der Waals surface area contributed by atoms with E-state index in [1.54, 1.807) is 30.3 Å². The summed E-state index contributed by atoms with van der Waals surface area (Å²) in [4.78, 5) is 35.3. The first-order chi connectivity index (χ1) is 16.0. The molecule has 0 saturated carbocycles. The maximum absolute atomic E-state index is 12.1. The number of nitrogens with zero attached hydrogens (tertiary/aromatic N) is 3. The van der Waals surface area contributed by atoms with Gasteiger partial charge in [-0.25, -0.2) is 0 Å². The molecule has 0 fully saturated rings. The molecule has 0 bridgehead atoms. The Morgan fingerprint density at radius 3 is 2.48 bits per heavy atom. The first-order valence-corrected chi connectivity index (χ1v) is 11.1. The van der Waals surface area contributed by atoms with Crippen LogP contribution in [0, 0.1) is 0 Å². The summed E-state index contributed by atoms with van der Waals surface area (Å²) >= 11 is 1.20. The van der Waals surface area contributed by atoms with Gasteiger partial charge in [-0.15, -0.1) is 10.2 Å². The number of para-hydroxylation sites is 1. The van der Waals surface area contributed by atoms with Gasteiger partial charge in [0.25, 0.3) is 5.91 Å². The zero-order valence-corrected chi connectivity index (χ0v) is 19.0. The number of thioether (sulfide) groups is 1. The van der Waals surface area contributed by atoms with Crippen LogP contribution in [0.4, 0.5) is 5.69 Å². The Morgan fingerprint density at radius 1 is 1.00 bits per heavy atom. The minimum absolute atomic E-state index is 0.0316. The van der Waals surface area contributed by atoms with Crippen molar-refractivity contribution in [2.24, 2.45) is 0 Å². The lowest BCUT2D eigenvalue weighted by molar-refractivity contribution is -0.128. The molecule has 0 aliphatic carbocycles. The van der Waals surface area contributed by atoms with Crippen molar-refractivity contribution in [1.82, 2.24) is 25.6 Å². The van der Waals surface area contributed by atoms with Crippen molar-refractivity contribution in [3.05, 3.63) is 54.6 Å². The molecule has 0 atom stereocenters. The van der Waals surface area contributed by atoms with Crippen molar-refractivity contribution >= 4 is 35.2 Å². The van der Waals surface area contributed by atoms with E-state index >= 15 is 0 Å². The van der Waals surface area contributed by atoms with E-state index in [0.29, 0.717) is 29.0 Å². The minimum Gasteiger partial charge on any atom is -0.484 e. The Kier molecular flexibility index (Phi) is 8.42. The number of rotatable bonds is 9. The molecule has 0 radical (unpaired) electrons. The normalized spacial score (nSPS) is 10.4. The second-order valence-electron chi connectivity index (χ2n) is 6.80. The molecule has 33 heavy (non-hydrogen) atoms. The Hall–Kier alpha value is -3.86. The quantitative estimate of drug-likeness (QED) is 0.325. The molecule has 10 nitrogen and oxygen atoms in total. The van der Waals surface area contributed by atoms with E-state index in [1.807, 2.05) is 35.8 Å². The molecule has 1 heterocycles. The number of carbonyl (C=O) groups excluding carboxylic acids is 3. The number of carbonyl (C=O) groups is 3. The van der Waals surface area contributed by atoms with Gasteiger partial charge < -0.3 is 14.6 Å². The molecule has 172 valence electrons. The molecular formula is C22H24N6O4S. The number of hydrogen-bond donors (Lipinski definition) is 3. The summed E-state index contributed by atoms with van der Waals surface area (Å²) in [5.74, 6) is 0.184. The summed E-state index contributed by atoms with van der Waals surface area (Å²) in [7, 11) is 0. The summed E-state index contributed by atoms with van der Waals surface area (Å²) in [6.45, 7) is 3.76. The van der Waals surface area contributed by atoms with Crippen LogP contribution in [0.15, 0.2) is 59.8 Å². The van der Waals surface area contributed by atoms with E-state index < -0.39 is 11.8 Å². The number of benzene rings is 2. The molecule has 2 aromatic carbocycles. The summed E-state index contributed by atoms with van der Waals surface area (Å²) in [6, 6.07) is 16.2. The van der Waals surface area contributed by atoms with Gasteiger partial charge in [-0.1, -0.05) is 42.1 Å². The monoisotopic (exact) mass is 468 g/mol. The predicted molar refractivity (Wildman–Crippen MR) is 124 cm³/mol. The molecule has 0 spiro atoms. The third kappa shape index (κ3) is 7.07. The fourth-order valence-corrected chi connectivity index (χ4v) is 3.64. The number of hydrogen-bond acceptors (Lipinski definition) is 7. The molecule has 0 aliphatic heterocycles. The molecule has 3 N–H and O–H groups in total. The first-order valence-electron chi connectivity index (χ1n) is 10.2. The van der Waals surface area contributed by atoms with Crippen LogP contribution in [0.3, 0.4) is 0 Å². The van der Waals surface area contributed by atoms with Crippen molar-refractivity contribution < 1.29 is 19.1 Å². The number of nitrogens with one attached hydrogen (secondary N) is 3. The Morgan fingerprint density at radius 2 is 1.76 bits per heavy atom. The summed E-state index contributed by atoms with van der Waals surface area (Å²) in [5, 5.41) is 11.7. The van der Waals surface area contributed by atoms with Gasteiger partial charge in [-0.05, 0) is 31.2 Å². The Balaban J connectivity index is 1.52. The zero-order valence-electron chi connectivity index (χ0n) is 18.2. The van der Waals surface area contributed by atoms with Crippen molar-refractivity contribution in [3.63, 3.8) is 0 Å². The van der Waals surface area contributed by atoms with Crippen LogP contribution in [0.1, 0.15) is 13.8 Å². The number of aromatic nitrogens is 3. The topological polar surface area (TPSA) is 127 Å². The van der Waals surface area contributed by atoms with E-state index in [4.69, 9.17) is 4.74 Å². The van der Waals surface area contributed by atoms with E-state index in [2.05, 4.69) is 26.4 Å². The standard InChI is InChI=1S/C22H24N6O4S/c1-3-28-21(16-8-7-9-17(12-16)23-15(2)29)26-27-22(28)33-14-20(31)25-24-19(30)13-32-18-10-5-4-6-11-18/h4-12H,3,13-14H2,1-2H3,(H,23,29)(H,24,30)(H,25,31). The molecule has 1 aromatic heterocycles. The van der Waals surface area contributed by atoms with Crippen LogP contribution in [0.2, 0.25) is 0 Å². The van der Waals surface area contributed by atoms with Gasteiger partial charge in [0, 0.05) is 24.7 Å². The summed E-state index contributed by atoms with van der Waals surface area (Å²) < 4.78 is 7.19. The number of amides is 3. The van der Waals surface area contributed by atoms with Crippen molar-refractivity contribution in [3.8, 4) is 17.1 Å². The van der Waals surface area contributed by atoms with Gasteiger partial charge in [0.2, 0.25) is 11.8 Å². The molecule has 0 unspecified atom stereocenters. The van der Waals surface area contributed by atoms with Crippen LogP contribution in [0.5, 0.6) is 5.75 Å². The number of hydrazine groups is 1. The van der Waals surface area contributed by atoms with E-state index in [1.165, 1.54) is 18.7 Å². The third-order valence-corrected chi connectivity index (χ3v) is 5.23. The second kappa shape index (κ2) is 11.7. The van der Waals surface area contributed by atoms with Crippen LogP contribution in [-0.4, -0.2) is 44.8 Å². The predicted octanol–water partition coefficient (Wildman–Crippen LogP) is 2.24. The molecular weight excluding hydrogens is 444 g/mol. The van der Waals surface area contributed by atoms with Gasteiger partial charge in [0.05, 0.1) is 5.75 Å². The highest BCUT2D eigenvalue weighted by Gasteiger charge is 2.15. The zero-order chi connectivity index (χ0) is 23.6. The minimum atomic E-state index is -0.477. The van der Waals surface area contributed by atoms with E-state index in [0.717, 1.165) is 5.56 Å². The third-order valence-electron chi connectivity index (χ3n) is 4.26. The maximum Gasteiger partial charge on any atom is 0.276 e. The molecule has 0 saturated heterocycles. The average Bonchev–Trinajstić information content (AvgIpc) is 3.23. The fraction of sp³-hybridized carbons (Fsp3) is 0.227. The fourth-order valence-electron chi connectivity index (χ4n) is 2.84. The maximum atomic E-state index is 12.1. The van der Waals surface area contributed by atoms with Crippen LogP contribution < -0.4 is 20.9 Å². The second-order valence-corrected chi connectivity index (χ2v) is 7.74. The van der Waals surface area contributed by atoms with Gasteiger partial charge >= 0.3 is 0 Å².